The van der Waals surface area contributed by atoms with Gasteiger partial charge in [0.25, 0.3) is 0 Å². The van der Waals surface area contributed by atoms with Crippen LogP contribution in [0.2, 0.25) is 0 Å². The molecule has 0 atom stereocenters. The van der Waals surface area contributed by atoms with Gasteiger partial charge in [0, 0.05) is 0 Å². The predicted molar refractivity (Wildman–Crippen MR) is 122 cm³/mol. The van der Waals surface area contributed by atoms with Crippen molar-refractivity contribution in [1.29, 1.82) is 0 Å². The van der Waals surface area contributed by atoms with E-state index in [0.717, 1.165) is 0 Å². The summed E-state index contributed by atoms with van der Waals surface area (Å²) in [6, 6.07) is 35.1. The second kappa shape index (κ2) is 5.94. The maximum Gasteiger partial charge on any atom is -0.00328 e. The highest BCUT2D eigenvalue weighted by atomic mass is 14.1. The second-order valence-corrected chi connectivity index (χ2v) is 7.41. The molecular formula is C28H18. The molecule has 28 heavy (non-hydrogen) atoms. The first-order valence-electron chi connectivity index (χ1n) is 9.71. The maximum absolute atomic E-state index is 2.26. The second-order valence-electron chi connectivity index (χ2n) is 7.41. The topological polar surface area (TPSA) is 0 Å². The van der Waals surface area contributed by atoms with Crippen molar-refractivity contribution in [2.45, 2.75) is 0 Å². The highest BCUT2D eigenvalue weighted by Crippen LogP contribution is 2.25. The van der Waals surface area contributed by atoms with Crippen molar-refractivity contribution in [2.75, 3.05) is 0 Å². The summed E-state index contributed by atoms with van der Waals surface area (Å²) in [4.78, 5) is 0. The average molecular weight is 354 g/mol. The Bertz CT molecular complexity index is 1430. The van der Waals surface area contributed by atoms with E-state index in [2.05, 4.69) is 109 Å². The lowest BCUT2D eigenvalue weighted by Gasteiger charge is -2.06. The van der Waals surface area contributed by atoms with E-state index in [9.17, 15) is 0 Å². The van der Waals surface area contributed by atoms with Gasteiger partial charge in [0.1, 0.15) is 0 Å². The van der Waals surface area contributed by atoms with Crippen LogP contribution in [0.1, 0.15) is 0 Å². The molecule has 0 aliphatic rings. The van der Waals surface area contributed by atoms with Gasteiger partial charge in [0.2, 0.25) is 0 Å². The van der Waals surface area contributed by atoms with Crippen molar-refractivity contribution in [3.05, 3.63) is 107 Å². The molecule has 0 spiro atoms. The van der Waals surface area contributed by atoms with Crippen molar-refractivity contribution in [3.8, 4) is 0 Å². The Kier molecular flexibility index (Phi) is 3.27. The molecule has 6 aromatic rings. The SMILES string of the molecule is C(/C=c1/ccc2cccc3cccc1c32)=c1\ccc2cccc3cccc1c32. The normalized spacial score (nSPS) is 13.4. The van der Waals surface area contributed by atoms with E-state index >= 15 is 0 Å². The smallest absolute Gasteiger partial charge is 0.00328 e. The summed E-state index contributed by atoms with van der Waals surface area (Å²) >= 11 is 0. The van der Waals surface area contributed by atoms with Gasteiger partial charge in [-0.15, -0.1) is 0 Å². The van der Waals surface area contributed by atoms with E-state index in [4.69, 9.17) is 0 Å². The number of rotatable bonds is 1. The van der Waals surface area contributed by atoms with Gasteiger partial charge in [-0.1, -0.05) is 109 Å². The molecule has 0 amide bonds. The lowest BCUT2D eigenvalue weighted by atomic mass is 9.98. The fraction of sp³-hybridized carbons (Fsp3) is 0. The first kappa shape index (κ1) is 15.4. The Morgan fingerprint density at radius 3 is 1.14 bits per heavy atom. The third-order valence-electron chi connectivity index (χ3n) is 5.82. The Morgan fingerprint density at radius 1 is 0.357 bits per heavy atom. The van der Waals surface area contributed by atoms with E-state index < -0.39 is 0 Å². The van der Waals surface area contributed by atoms with Crippen LogP contribution in [0.25, 0.3) is 55.2 Å². The Labute approximate surface area is 163 Å². The molecule has 0 radical (unpaired) electrons. The fourth-order valence-corrected chi connectivity index (χ4v) is 4.51. The van der Waals surface area contributed by atoms with Gasteiger partial charge in [0.05, 0.1) is 0 Å². The van der Waals surface area contributed by atoms with E-state index in [0.29, 0.717) is 0 Å². The molecule has 0 aromatic heterocycles. The molecule has 0 fully saturated rings. The highest BCUT2D eigenvalue weighted by Gasteiger charge is 2.03. The molecule has 0 bridgehead atoms. The minimum Gasteiger partial charge on any atom is -0.0610 e. The summed E-state index contributed by atoms with van der Waals surface area (Å²) in [5.41, 5.74) is 0. The van der Waals surface area contributed by atoms with Gasteiger partial charge in [0.15, 0.2) is 0 Å². The van der Waals surface area contributed by atoms with E-state index in [-0.39, 0.29) is 0 Å². The zero-order valence-corrected chi connectivity index (χ0v) is 15.4. The fourth-order valence-electron chi connectivity index (χ4n) is 4.51. The first-order valence-corrected chi connectivity index (χ1v) is 9.71. The van der Waals surface area contributed by atoms with Crippen molar-refractivity contribution in [1.82, 2.24) is 0 Å². The molecule has 130 valence electrons. The molecule has 0 heterocycles. The van der Waals surface area contributed by atoms with E-state index in [1.54, 1.807) is 0 Å². The van der Waals surface area contributed by atoms with Crippen molar-refractivity contribution in [2.24, 2.45) is 0 Å². The molecule has 6 aromatic carbocycles. The number of hydrogen-bond acceptors (Lipinski definition) is 0. The van der Waals surface area contributed by atoms with Gasteiger partial charge in [-0.2, -0.15) is 0 Å². The number of hydrogen-bond donors (Lipinski definition) is 0. The lowest BCUT2D eigenvalue weighted by Crippen LogP contribution is -2.05. The third-order valence-corrected chi connectivity index (χ3v) is 5.82. The summed E-state index contributed by atoms with van der Waals surface area (Å²) in [7, 11) is 0. The van der Waals surface area contributed by atoms with Crippen LogP contribution < -0.4 is 10.4 Å². The van der Waals surface area contributed by atoms with Gasteiger partial charge in [-0.3, -0.25) is 0 Å². The predicted octanol–water partition coefficient (Wildman–Crippen LogP) is 6.00. The van der Waals surface area contributed by atoms with E-state index in [1.165, 1.54) is 53.5 Å². The first-order chi connectivity index (χ1) is 13.9. The minimum absolute atomic E-state index is 1.26. The van der Waals surface area contributed by atoms with Crippen LogP contribution >= 0.6 is 0 Å². The van der Waals surface area contributed by atoms with Crippen molar-refractivity contribution >= 4 is 55.2 Å². The average Bonchev–Trinajstić information content (AvgIpc) is 2.75. The van der Waals surface area contributed by atoms with Crippen molar-refractivity contribution in [3.63, 3.8) is 0 Å². The number of benzene rings is 6. The zero-order chi connectivity index (χ0) is 18.5. The highest BCUT2D eigenvalue weighted by molar-refractivity contribution is 6.11. The Hall–Kier alpha value is -3.64. The van der Waals surface area contributed by atoms with Crippen LogP contribution in [0.3, 0.4) is 0 Å². The summed E-state index contributed by atoms with van der Waals surface area (Å²) < 4.78 is 0. The Balaban J connectivity index is 1.68. The van der Waals surface area contributed by atoms with Crippen LogP contribution in [0.4, 0.5) is 0 Å². The van der Waals surface area contributed by atoms with Gasteiger partial charge in [-0.25, -0.2) is 0 Å². The van der Waals surface area contributed by atoms with Crippen LogP contribution in [0.15, 0.2) is 97.1 Å². The van der Waals surface area contributed by atoms with Crippen LogP contribution in [-0.4, -0.2) is 0 Å². The summed E-state index contributed by atoms with van der Waals surface area (Å²) in [6.45, 7) is 0. The molecule has 0 aliphatic carbocycles. The third kappa shape index (κ3) is 2.25. The molecule has 0 unspecified atom stereocenters. The molecule has 0 saturated heterocycles. The van der Waals surface area contributed by atoms with Gasteiger partial charge >= 0.3 is 0 Å². The van der Waals surface area contributed by atoms with Crippen LogP contribution in [0, 0.1) is 0 Å². The Morgan fingerprint density at radius 2 is 0.714 bits per heavy atom. The maximum atomic E-state index is 2.26. The molecule has 0 saturated carbocycles. The molecule has 0 heteroatoms. The molecule has 0 N–H and O–H groups in total. The molecular weight excluding hydrogens is 336 g/mol. The molecule has 6 rings (SSSR count). The summed E-state index contributed by atoms with van der Waals surface area (Å²) in [5, 5.41) is 13.0. The zero-order valence-electron chi connectivity index (χ0n) is 15.4. The summed E-state index contributed by atoms with van der Waals surface area (Å²) in [6.07, 6.45) is 4.52. The quantitative estimate of drug-likeness (QED) is 0.340. The van der Waals surface area contributed by atoms with Crippen molar-refractivity contribution < 1.29 is 0 Å². The lowest BCUT2D eigenvalue weighted by molar-refractivity contribution is 1.69. The molecule has 0 nitrogen and oxygen atoms in total. The standard InChI is InChI=1S/C28H18/c1-5-21-9-3-11-25-19(15-17-23(7-1)27(21)25)13-14-20-16-18-24-8-2-6-22-10-4-12-26(20)28(22)24/h1-18H/b19-13-,20-14-. The molecule has 0 aliphatic heterocycles. The van der Waals surface area contributed by atoms with Crippen LogP contribution in [-0.2, 0) is 0 Å². The minimum atomic E-state index is 1.26. The van der Waals surface area contributed by atoms with Gasteiger partial charge < -0.3 is 0 Å². The van der Waals surface area contributed by atoms with Gasteiger partial charge in [-0.05, 0) is 53.5 Å². The summed E-state index contributed by atoms with van der Waals surface area (Å²) in [5.74, 6) is 0. The largest absolute Gasteiger partial charge is 0.0610 e. The monoisotopic (exact) mass is 354 g/mol. The van der Waals surface area contributed by atoms with Crippen LogP contribution in [0.5, 0.6) is 0 Å². The van der Waals surface area contributed by atoms with E-state index in [1.807, 2.05) is 0 Å².